The fourth-order valence-corrected chi connectivity index (χ4v) is 2.77. The van der Waals surface area contributed by atoms with Crippen LogP contribution in [0.2, 0.25) is 0 Å². The van der Waals surface area contributed by atoms with E-state index in [0.29, 0.717) is 0 Å². The number of hydrogen-bond acceptors (Lipinski definition) is 0. The van der Waals surface area contributed by atoms with Crippen molar-refractivity contribution < 1.29 is 0 Å². The topological polar surface area (TPSA) is 0 Å². The number of benzene rings is 2. The molecule has 0 saturated carbocycles. The van der Waals surface area contributed by atoms with Crippen molar-refractivity contribution in [3.63, 3.8) is 0 Å². The molecule has 2 unspecified atom stereocenters. The van der Waals surface area contributed by atoms with Gasteiger partial charge in [-0.2, -0.15) is 0 Å². The van der Waals surface area contributed by atoms with Crippen molar-refractivity contribution in [1.29, 1.82) is 0 Å². The van der Waals surface area contributed by atoms with Gasteiger partial charge in [-0.3, -0.25) is 0 Å². The molecule has 2 rings (SSSR count). The normalized spacial score (nSPS) is 11.5. The van der Waals surface area contributed by atoms with Crippen LogP contribution in [-0.2, 0) is 5.41 Å². The van der Waals surface area contributed by atoms with Crippen LogP contribution in [0.1, 0.15) is 25.0 Å². The summed E-state index contributed by atoms with van der Waals surface area (Å²) >= 11 is 3.36. The molecule has 0 amide bonds. The Bertz CT molecular complexity index is 448. The molecule has 0 fully saturated rings. The van der Waals surface area contributed by atoms with Crippen LogP contribution < -0.4 is 8.70 Å². The first-order valence-electron chi connectivity index (χ1n) is 5.72. The molecule has 88 valence electrons. The van der Waals surface area contributed by atoms with Crippen LogP contribution in [0.4, 0.5) is 0 Å². The minimum atomic E-state index is 0.0847. The Kier molecular flexibility index (Phi) is 3.86. The summed E-state index contributed by atoms with van der Waals surface area (Å²) < 4.78 is 2.76. The first-order chi connectivity index (χ1) is 8.00. The average Bonchev–Trinajstić information content (AvgIpc) is 2.30. The van der Waals surface area contributed by atoms with Crippen LogP contribution in [0.25, 0.3) is 0 Å². The molecule has 0 heterocycles. The molecule has 0 spiro atoms. The molecule has 0 aliphatic carbocycles. The number of rotatable bonds is 2. The summed E-state index contributed by atoms with van der Waals surface area (Å²) in [6.45, 7) is 4.58. The quantitative estimate of drug-likeness (QED) is 0.695. The molecule has 0 bridgehead atoms. The fraction of sp³-hybridized carbons (Fsp3) is 0.200. The van der Waals surface area contributed by atoms with Gasteiger partial charge >= 0.3 is 121 Å². The molecule has 2 aromatic carbocycles. The molecule has 2 heteroatoms. The Labute approximate surface area is 121 Å². The summed E-state index contributed by atoms with van der Waals surface area (Å²) in [5.41, 5.74) is 2.85. The van der Waals surface area contributed by atoms with Gasteiger partial charge in [-0.05, 0) is 0 Å². The maximum atomic E-state index is 2.29. The van der Waals surface area contributed by atoms with Gasteiger partial charge in [0.1, 0.15) is 0 Å². The number of hydrogen-bond donors (Lipinski definition) is 0. The van der Waals surface area contributed by atoms with Gasteiger partial charge in [0.05, 0.1) is 0 Å². The minimum absolute atomic E-state index is 0.0847. The van der Waals surface area contributed by atoms with Crippen molar-refractivity contribution in [2.75, 3.05) is 0 Å². The van der Waals surface area contributed by atoms with Gasteiger partial charge in [0.25, 0.3) is 0 Å². The van der Waals surface area contributed by atoms with E-state index in [2.05, 4.69) is 62.4 Å². The van der Waals surface area contributed by atoms with E-state index >= 15 is 0 Å². The standard InChI is InChI=1S/C15H18As2/c1-15(2,11-3-7-13(16)8-4-11)12-5-9-14(17)10-6-12/h3-10H,16-17H2,1-2H3. The second-order valence-electron chi connectivity index (χ2n) is 4.87. The van der Waals surface area contributed by atoms with E-state index in [0.717, 1.165) is 0 Å². The molecule has 0 radical (unpaired) electrons. The van der Waals surface area contributed by atoms with Crippen molar-refractivity contribution in [2.45, 2.75) is 19.3 Å². The van der Waals surface area contributed by atoms with E-state index in [4.69, 9.17) is 0 Å². The van der Waals surface area contributed by atoms with Crippen molar-refractivity contribution in [3.8, 4) is 0 Å². The van der Waals surface area contributed by atoms with Crippen molar-refractivity contribution in [2.24, 2.45) is 0 Å². The third kappa shape index (κ3) is 2.87. The Morgan fingerprint density at radius 3 is 1.24 bits per heavy atom. The summed E-state index contributed by atoms with van der Waals surface area (Å²) in [5.74, 6) is 0. The molecule has 0 saturated heterocycles. The van der Waals surface area contributed by atoms with Gasteiger partial charge in [-0.1, -0.05) is 0 Å². The zero-order chi connectivity index (χ0) is 12.5. The average molecular weight is 348 g/mol. The van der Waals surface area contributed by atoms with Gasteiger partial charge in [0, 0.05) is 0 Å². The van der Waals surface area contributed by atoms with Crippen molar-refractivity contribution in [1.82, 2.24) is 0 Å². The SMILES string of the molecule is CC(C)(c1ccc([AsH2])cc1)c1ccc([AsH2])cc1. The third-order valence-electron chi connectivity index (χ3n) is 3.26. The summed E-state index contributed by atoms with van der Waals surface area (Å²) in [4.78, 5) is 0. The van der Waals surface area contributed by atoms with E-state index in [9.17, 15) is 0 Å². The molecule has 17 heavy (non-hydrogen) atoms. The maximum absolute atomic E-state index is 2.29. The van der Waals surface area contributed by atoms with Crippen LogP contribution >= 0.6 is 0 Å². The van der Waals surface area contributed by atoms with E-state index < -0.39 is 0 Å². The van der Waals surface area contributed by atoms with Gasteiger partial charge in [0.15, 0.2) is 0 Å². The Morgan fingerprint density at radius 2 is 0.941 bits per heavy atom. The first-order valence-corrected chi connectivity index (χ1v) is 8.14. The van der Waals surface area contributed by atoms with E-state index in [1.54, 1.807) is 33.7 Å². The van der Waals surface area contributed by atoms with Crippen LogP contribution in [0.5, 0.6) is 0 Å². The Balaban J connectivity index is 2.41. The predicted molar refractivity (Wildman–Crippen MR) is 81.4 cm³/mol. The predicted octanol–water partition coefficient (Wildman–Crippen LogP) is 0.529. The summed E-state index contributed by atoms with van der Waals surface area (Å²) in [6, 6.07) is 17.9. The fourth-order valence-electron chi connectivity index (χ4n) is 1.97. The van der Waals surface area contributed by atoms with Crippen LogP contribution in [0.15, 0.2) is 48.5 Å². The first kappa shape index (κ1) is 13.0. The van der Waals surface area contributed by atoms with Crippen molar-refractivity contribution >= 4 is 42.4 Å². The molecule has 0 nitrogen and oxygen atoms in total. The third-order valence-corrected chi connectivity index (χ3v) is 4.88. The molecular weight excluding hydrogens is 330 g/mol. The molecular formula is C15H18As2. The molecule has 0 N–H and O–H groups in total. The van der Waals surface area contributed by atoms with Crippen LogP contribution in [0, 0.1) is 0 Å². The van der Waals surface area contributed by atoms with Gasteiger partial charge < -0.3 is 0 Å². The van der Waals surface area contributed by atoms with Gasteiger partial charge in [-0.25, -0.2) is 0 Å². The van der Waals surface area contributed by atoms with Gasteiger partial charge in [-0.15, -0.1) is 0 Å². The summed E-state index contributed by atoms with van der Waals surface area (Å²) in [7, 11) is 0. The molecule has 2 atom stereocenters. The molecule has 0 aliphatic heterocycles. The Hall–Kier alpha value is -0.443. The van der Waals surface area contributed by atoms with E-state index in [1.807, 2.05) is 0 Å². The Morgan fingerprint density at radius 1 is 0.647 bits per heavy atom. The van der Waals surface area contributed by atoms with Crippen molar-refractivity contribution in [3.05, 3.63) is 59.7 Å². The monoisotopic (exact) mass is 348 g/mol. The molecule has 0 aliphatic rings. The van der Waals surface area contributed by atoms with Crippen LogP contribution in [-0.4, -0.2) is 33.7 Å². The zero-order valence-corrected chi connectivity index (χ0v) is 15.1. The molecule has 0 aromatic heterocycles. The summed E-state index contributed by atoms with van der Waals surface area (Å²) in [6.07, 6.45) is 0. The second kappa shape index (κ2) is 5.05. The van der Waals surface area contributed by atoms with Gasteiger partial charge in [0.2, 0.25) is 0 Å². The van der Waals surface area contributed by atoms with Crippen LogP contribution in [0.3, 0.4) is 0 Å². The second-order valence-corrected chi connectivity index (χ2v) is 7.67. The molecule has 2 aromatic rings. The van der Waals surface area contributed by atoms with E-state index in [-0.39, 0.29) is 5.41 Å². The summed E-state index contributed by atoms with van der Waals surface area (Å²) in [5, 5.41) is 0. The van der Waals surface area contributed by atoms with E-state index in [1.165, 1.54) is 19.8 Å². The zero-order valence-electron chi connectivity index (χ0n) is 10.3.